The van der Waals surface area contributed by atoms with E-state index in [2.05, 4.69) is 4.98 Å². The van der Waals surface area contributed by atoms with E-state index >= 15 is 0 Å². The lowest BCUT2D eigenvalue weighted by Crippen LogP contribution is -1.95. The Balaban J connectivity index is 2.56. The van der Waals surface area contributed by atoms with Crippen LogP contribution in [0.5, 0.6) is 5.75 Å². The van der Waals surface area contributed by atoms with Gasteiger partial charge < -0.3 is 9.84 Å². The number of hydrogen-bond donors (Lipinski definition) is 1. The molecule has 0 aliphatic carbocycles. The molecule has 4 nitrogen and oxygen atoms in total. The Morgan fingerprint density at radius 2 is 2.24 bits per heavy atom. The van der Waals surface area contributed by atoms with Crippen molar-refractivity contribution in [2.75, 3.05) is 6.61 Å². The number of aromatic nitrogens is 1. The molecule has 1 N–H and O–H groups in total. The van der Waals surface area contributed by atoms with Gasteiger partial charge in [0.1, 0.15) is 12.4 Å². The molecule has 0 saturated carbocycles. The van der Waals surface area contributed by atoms with Crippen molar-refractivity contribution in [2.24, 2.45) is 0 Å². The van der Waals surface area contributed by atoms with E-state index in [1.165, 1.54) is 11.6 Å². The quantitative estimate of drug-likeness (QED) is 0.627. The monoisotopic (exact) mass is 233 g/mol. The highest BCUT2D eigenvalue weighted by molar-refractivity contribution is 5.84. The standard InChI is InChI=1S/C13H15NO3/c1-10(2)7-8-17-12-5-3-11(14-9-12)4-6-13(15)16/h3-7,9H,8H2,1-2H3,(H,15,16). The summed E-state index contributed by atoms with van der Waals surface area (Å²) in [5.41, 5.74) is 1.78. The second kappa shape index (κ2) is 6.48. The zero-order chi connectivity index (χ0) is 12.7. The summed E-state index contributed by atoms with van der Waals surface area (Å²) in [6, 6.07) is 3.46. The summed E-state index contributed by atoms with van der Waals surface area (Å²) in [7, 11) is 0. The fourth-order valence-corrected chi connectivity index (χ4v) is 1.04. The average molecular weight is 233 g/mol. The Morgan fingerprint density at radius 1 is 1.47 bits per heavy atom. The predicted octanol–water partition coefficient (Wildman–Crippen LogP) is 2.52. The van der Waals surface area contributed by atoms with Gasteiger partial charge in [0.25, 0.3) is 0 Å². The molecule has 17 heavy (non-hydrogen) atoms. The van der Waals surface area contributed by atoms with E-state index in [4.69, 9.17) is 9.84 Å². The molecule has 0 fully saturated rings. The summed E-state index contributed by atoms with van der Waals surface area (Å²) >= 11 is 0. The van der Waals surface area contributed by atoms with Crippen LogP contribution in [0.2, 0.25) is 0 Å². The molecule has 0 atom stereocenters. The van der Waals surface area contributed by atoms with Crippen LogP contribution in [0.1, 0.15) is 19.5 Å². The third kappa shape index (κ3) is 5.51. The van der Waals surface area contributed by atoms with E-state index < -0.39 is 5.97 Å². The summed E-state index contributed by atoms with van der Waals surface area (Å²) in [5.74, 6) is -0.328. The molecule has 1 aromatic rings. The number of allylic oxidation sites excluding steroid dienone is 1. The van der Waals surface area contributed by atoms with Gasteiger partial charge in [-0.1, -0.05) is 5.57 Å². The van der Waals surface area contributed by atoms with E-state index in [0.29, 0.717) is 18.1 Å². The number of ether oxygens (including phenoxy) is 1. The van der Waals surface area contributed by atoms with Gasteiger partial charge in [-0.2, -0.15) is 0 Å². The van der Waals surface area contributed by atoms with Gasteiger partial charge in [0.2, 0.25) is 0 Å². The first-order chi connectivity index (χ1) is 8.08. The maximum atomic E-state index is 10.3. The van der Waals surface area contributed by atoms with E-state index in [0.717, 1.165) is 6.08 Å². The number of carboxylic acid groups (broad SMARTS) is 1. The number of rotatable bonds is 5. The number of carboxylic acids is 1. The third-order valence-electron chi connectivity index (χ3n) is 1.90. The molecule has 0 aliphatic rings. The maximum Gasteiger partial charge on any atom is 0.328 e. The summed E-state index contributed by atoms with van der Waals surface area (Å²) < 4.78 is 5.42. The van der Waals surface area contributed by atoms with Gasteiger partial charge in [-0.05, 0) is 38.1 Å². The fourth-order valence-electron chi connectivity index (χ4n) is 1.04. The molecule has 0 bridgehead atoms. The second-order valence-corrected chi connectivity index (χ2v) is 3.68. The molecular formula is C13H15NO3. The van der Waals surface area contributed by atoms with Crippen LogP contribution in [0, 0.1) is 0 Å². The molecular weight excluding hydrogens is 218 g/mol. The van der Waals surface area contributed by atoms with E-state index in [1.54, 1.807) is 18.3 Å². The third-order valence-corrected chi connectivity index (χ3v) is 1.90. The van der Waals surface area contributed by atoms with Gasteiger partial charge in [-0.3, -0.25) is 4.98 Å². The topological polar surface area (TPSA) is 59.4 Å². The lowest BCUT2D eigenvalue weighted by atomic mass is 10.3. The van der Waals surface area contributed by atoms with Crippen molar-refractivity contribution >= 4 is 12.0 Å². The number of aliphatic carboxylic acids is 1. The minimum Gasteiger partial charge on any atom is -0.488 e. The molecule has 90 valence electrons. The normalized spacial score (nSPS) is 10.2. The molecule has 0 unspecified atom stereocenters. The SMILES string of the molecule is CC(C)=CCOc1ccc(C=CC(=O)O)nc1. The highest BCUT2D eigenvalue weighted by Gasteiger charge is 1.94. The van der Waals surface area contributed by atoms with Gasteiger partial charge in [0, 0.05) is 6.08 Å². The Hall–Kier alpha value is -2.10. The van der Waals surface area contributed by atoms with Crippen LogP contribution < -0.4 is 4.74 Å². The van der Waals surface area contributed by atoms with E-state index in [1.807, 2.05) is 19.9 Å². The summed E-state index contributed by atoms with van der Waals surface area (Å²) in [6.45, 7) is 4.51. The Morgan fingerprint density at radius 3 is 2.76 bits per heavy atom. The molecule has 1 aromatic heterocycles. The van der Waals surface area contributed by atoms with Gasteiger partial charge in [0.05, 0.1) is 11.9 Å². The lowest BCUT2D eigenvalue weighted by Gasteiger charge is -2.02. The van der Waals surface area contributed by atoms with Crippen molar-refractivity contribution in [3.8, 4) is 5.75 Å². The maximum absolute atomic E-state index is 10.3. The van der Waals surface area contributed by atoms with Crippen molar-refractivity contribution in [3.63, 3.8) is 0 Å². The average Bonchev–Trinajstić information content (AvgIpc) is 2.27. The first-order valence-corrected chi connectivity index (χ1v) is 5.21. The molecule has 0 aromatic carbocycles. The molecule has 0 amide bonds. The highest BCUT2D eigenvalue weighted by Crippen LogP contribution is 2.10. The lowest BCUT2D eigenvalue weighted by molar-refractivity contribution is -0.131. The summed E-state index contributed by atoms with van der Waals surface area (Å²) in [4.78, 5) is 14.4. The van der Waals surface area contributed by atoms with Gasteiger partial charge in [-0.25, -0.2) is 4.79 Å². The molecule has 0 saturated heterocycles. The zero-order valence-electron chi connectivity index (χ0n) is 9.88. The largest absolute Gasteiger partial charge is 0.488 e. The first kappa shape index (κ1) is 13.0. The zero-order valence-corrected chi connectivity index (χ0v) is 9.88. The van der Waals surface area contributed by atoms with Crippen LogP contribution in [-0.2, 0) is 4.79 Å². The summed E-state index contributed by atoms with van der Waals surface area (Å²) in [5, 5.41) is 8.45. The van der Waals surface area contributed by atoms with Crippen molar-refractivity contribution < 1.29 is 14.6 Å². The van der Waals surface area contributed by atoms with Crippen molar-refractivity contribution in [2.45, 2.75) is 13.8 Å². The van der Waals surface area contributed by atoms with Crippen LogP contribution in [-0.4, -0.2) is 22.7 Å². The molecule has 1 rings (SSSR count). The van der Waals surface area contributed by atoms with Gasteiger partial charge in [-0.15, -0.1) is 0 Å². The van der Waals surface area contributed by atoms with Crippen LogP contribution in [0.15, 0.2) is 36.1 Å². The Bertz CT molecular complexity index is 428. The number of pyridine rings is 1. The Kier molecular flexibility index (Phi) is 4.94. The van der Waals surface area contributed by atoms with Crippen LogP contribution in [0.3, 0.4) is 0 Å². The van der Waals surface area contributed by atoms with Gasteiger partial charge >= 0.3 is 5.97 Å². The number of nitrogens with zero attached hydrogens (tertiary/aromatic N) is 1. The molecule has 0 spiro atoms. The molecule has 0 radical (unpaired) electrons. The molecule has 4 heteroatoms. The minimum absolute atomic E-state index is 0.508. The second-order valence-electron chi connectivity index (χ2n) is 3.68. The van der Waals surface area contributed by atoms with E-state index in [9.17, 15) is 4.79 Å². The first-order valence-electron chi connectivity index (χ1n) is 5.21. The van der Waals surface area contributed by atoms with Crippen LogP contribution in [0.25, 0.3) is 6.08 Å². The minimum atomic E-state index is -0.990. The number of carbonyl (C=O) groups is 1. The van der Waals surface area contributed by atoms with Gasteiger partial charge in [0.15, 0.2) is 0 Å². The number of hydrogen-bond acceptors (Lipinski definition) is 3. The summed E-state index contributed by atoms with van der Waals surface area (Å²) in [6.07, 6.45) is 6.02. The smallest absolute Gasteiger partial charge is 0.328 e. The van der Waals surface area contributed by atoms with Crippen molar-refractivity contribution in [1.29, 1.82) is 0 Å². The molecule has 1 heterocycles. The predicted molar refractivity (Wildman–Crippen MR) is 65.8 cm³/mol. The van der Waals surface area contributed by atoms with Crippen molar-refractivity contribution in [3.05, 3.63) is 41.7 Å². The van der Waals surface area contributed by atoms with E-state index in [-0.39, 0.29) is 0 Å². The van der Waals surface area contributed by atoms with Crippen LogP contribution >= 0.6 is 0 Å². The van der Waals surface area contributed by atoms with Crippen molar-refractivity contribution in [1.82, 2.24) is 4.98 Å². The Labute approximate surface area is 100 Å². The molecule has 0 aliphatic heterocycles. The highest BCUT2D eigenvalue weighted by atomic mass is 16.5. The van der Waals surface area contributed by atoms with Crippen LogP contribution in [0.4, 0.5) is 0 Å². The fraction of sp³-hybridized carbons (Fsp3) is 0.231.